The van der Waals surface area contributed by atoms with Crippen LogP contribution in [-0.2, 0) is 16.1 Å². The van der Waals surface area contributed by atoms with Crippen LogP contribution in [0.25, 0.3) is 11.0 Å². The predicted octanol–water partition coefficient (Wildman–Crippen LogP) is -0.704. The molecule has 13 nitrogen and oxygen atoms in total. The van der Waals surface area contributed by atoms with E-state index in [1.165, 1.54) is 6.20 Å². The molecular formula is C19H25FN6O7. The molecule has 2 aromatic rings. The van der Waals surface area contributed by atoms with Crippen LogP contribution >= 0.6 is 0 Å². The first-order valence-electron chi connectivity index (χ1n) is 9.91. The number of fused-ring (bicyclic) bond motifs is 1. The molecule has 0 unspecified atom stereocenters. The standard InChI is InChI=1S/C15H17FN4O4.C4H8N2O3/c1-2-19-8-11(24-15(22)23)12(21)9-7-10(16)14(18-13(9)19)20-5-3-17-4-6-20;5-2(4(8)9)1-3(6)7/h7-8,17H,2-6H2,1H3,(H,22,23);2H,1,5H2,(H2,6,7)(H,8,9)/t;2-/m.0/s1. The number of carboxylic acid groups (broad SMARTS) is 2. The molecule has 1 saturated heterocycles. The van der Waals surface area contributed by atoms with Gasteiger partial charge in [0.25, 0.3) is 0 Å². The number of rotatable bonds is 6. The second kappa shape index (κ2) is 11.2. The topological polar surface area (TPSA) is 203 Å². The Labute approximate surface area is 186 Å². The monoisotopic (exact) mass is 468 g/mol. The maximum Gasteiger partial charge on any atom is 0.511 e. The molecule has 0 aromatic carbocycles. The maximum absolute atomic E-state index is 14.5. The van der Waals surface area contributed by atoms with Crippen LogP contribution in [0.3, 0.4) is 0 Å². The Bertz CT molecular complexity index is 1100. The number of aliphatic carboxylic acids is 1. The van der Waals surface area contributed by atoms with E-state index < -0.39 is 35.3 Å². The number of hydrogen-bond acceptors (Lipinski definition) is 9. The number of nitrogens with two attached hydrogens (primary N) is 2. The highest BCUT2D eigenvalue weighted by molar-refractivity contribution is 5.83. The minimum Gasteiger partial charge on any atom is -0.480 e. The van der Waals surface area contributed by atoms with Gasteiger partial charge in [0, 0.05) is 32.7 Å². The van der Waals surface area contributed by atoms with Crippen LogP contribution in [0.15, 0.2) is 17.1 Å². The van der Waals surface area contributed by atoms with Gasteiger partial charge in [-0.3, -0.25) is 14.4 Å². The predicted molar refractivity (Wildman–Crippen MR) is 115 cm³/mol. The summed E-state index contributed by atoms with van der Waals surface area (Å²) in [6.45, 7) is 4.92. The van der Waals surface area contributed by atoms with E-state index in [9.17, 15) is 23.6 Å². The third-order valence-electron chi connectivity index (χ3n) is 4.64. The first-order chi connectivity index (χ1) is 15.5. The molecule has 1 amide bonds. The summed E-state index contributed by atoms with van der Waals surface area (Å²) < 4.78 is 20.6. The van der Waals surface area contributed by atoms with Crippen LogP contribution < -0.4 is 31.8 Å². The summed E-state index contributed by atoms with van der Waals surface area (Å²) in [5, 5.41) is 20.0. The fourth-order valence-corrected chi connectivity index (χ4v) is 3.06. The van der Waals surface area contributed by atoms with Crippen molar-refractivity contribution in [3.05, 3.63) is 28.3 Å². The Morgan fingerprint density at radius 2 is 1.94 bits per heavy atom. The fourth-order valence-electron chi connectivity index (χ4n) is 3.06. The lowest BCUT2D eigenvalue weighted by Gasteiger charge is -2.29. The first-order valence-corrected chi connectivity index (χ1v) is 9.91. The molecule has 0 spiro atoms. The van der Waals surface area contributed by atoms with Crippen molar-refractivity contribution >= 4 is 34.9 Å². The molecule has 0 saturated carbocycles. The first kappa shape index (κ1) is 25.5. The van der Waals surface area contributed by atoms with Gasteiger partial charge >= 0.3 is 12.1 Å². The third-order valence-corrected chi connectivity index (χ3v) is 4.64. The number of piperazine rings is 1. The van der Waals surface area contributed by atoms with Gasteiger partial charge in [-0.25, -0.2) is 14.2 Å². The summed E-state index contributed by atoms with van der Waals surface area (Å²) >= 11 is 0. The second-order valence-electron chi connectivity index (χ2n) is 6.99. The number of carboxylic acids is 1. The number of nitrogens with one attached hydrogen (secondary N) is 1. The highest BCUT2D eigenvalue weighted by Crippen LogP contribution is 2.23. The average molecular weight is 468 g/mol. The molecule has 1 fully saturated rings. The quantitative estimate of drug-likeness (QED) is 0.335. The minimum absolute atomic E-state index is 0.00742. The van der Waals surface area contributed by atoms with Crippen molar-refractivity contribution < 1.29 is 33.7 Å². The number of primary amides is 1. The lowest BCUT2D eigenvalue weighted by molar-refractivity contribution is -0.140. The number of anilines is 1. The lowest BCUT2D eigenvalue weighted by Crippen LogP contribution is -2.44. The fraction of sp³-hybridized carbons (Fsp3) is 0.421. The molecule has 180 valence electrons. The molecule has 3 heterocycles. The van der Waals surface area contributed by atoms with Crippen molar-refractivity contribution in [1.29, 1.82) is 0 Å². The minimum atomic E-state index is -1.60. The van der Waals surface area contributed by atoms with Crippen molar-refractivity contribution in [2.75, 3.05) is 31.1 Å². The van der Waals surface area contributed by atoms with Crippen molar-refractivity contribution in [3.8, 4) is 5.75 Å². The van der Waals surface area contributed by atoms with Crippen LogP contribution in [0, 0.1) is 5.82 Å². The summed E-state index contributed by atoms with van der Waals surface area (Å²) in [4.78, 5) is 49.1. The zero-order chi connectivity index (χ0) is 24.7. The molecule has 0 radical (unpaired) electrons. The Kier molecular flexibility index (Phi) is 8.64. The third kappa shape index (κ3) is 6.60. The lowest BCUT2D eigenvalue weighted by atomic mass is 10.2. The van der Waals surface area contributed by atoms with Crippen LogP contribution in [-0.4, -0.2) is 70.0 Å². The van der Waals surface area contributed by atoms with Gasteiger partial charge in [-0.15, -0.1) is 0 Å². The second-order valence-corrected chi connectivity index (χ2v) is 6.99. The van der Waals surface area contributed by atoms with Crippen LogP contribution in [0.2, 0.25) is 0 Å². The Hall–Kier alpha value is -3.78. The molecule has 7 N–H and O–H groups in total. The summed E-state index contributed by atoms with van der Waals surface area (Å²) in [7, 11) is 0. The van der Waals surface area contributed by atoms with Gasteiger partial charge in [0.1, 0.15) is 11.7 Å². The summed E-state index contributed by atoms with van der Waals surface area (Å²) in [5.41, 5.74) is 9.17. The van der Waals surface area contributed by atoms with E-state index in [4.69, 9.17) is 15.9 Å². The van der Waals surface area contributed by atoms with Crippen LogP contribution in [0.1, 0.15) is 13.3 Å². The highest BCUT2D eigenvalue weighted by atomic mass is 19.1. The van der Waals surface area contributed by atoms with E-state index in [0.717, 1.165) is 19.2 Å². The van der Waals surface area contributed by atoms with Crippen LogP contribution in [0.4, 0.5) is 15.0 Å². The number of halogens is 1. The average Bonchev–Trinajstić information content (AvgIpc) is 2.76. The van der Waals surface area contributed by atoms with E-state index in [1.54, 1.807) is 4.57 Å². The van der Waals surface area contributed by atoms with E-state index in [2.05, 4.69) is 20.8 Å². The van der Waals surface area contributed by atoms with Crippen LogP contribution in [0.5, 0.6) is 5.75 Å². The molecule has 1 aliphatic heterocycles. The molecule has 1 atom stereocenters. The Morgan fingerprint density at radius 3 is 2.42 bits per heavy atom. The van der Waals surface area contributed by atoms with Gasteiger partial charge in [-0.2, -0.15) is 0 Å². The number of hydrogen-bond donors (Lipinski definition) is 5. The number of pyridine rings is 2. The van der Waals surface area contributed by atoms with Crippen molar-refractivity contribution in [3.63, 3.8) is 0 Å². The normalized spacial score (nSPS) is 14.2. The SMILES string of the molecule is CCn1cc(OC(=O)O)c(=O)c2cc(F)c(N3CCNCC3)nc21.NC(=O)C[C@H](N)C(=O)O. The highest BCUT2D eigenvalue weighted by Gasteiger charge is 2.21. The smallest absolute Gasteiger partial charge is 0.480 e. The largest absolute Gasteiger partial charge is 0.511 e. The van der Waals surface area contributed by atoms with Gasteiger partial charge in [0.05, 0.1) is 18.0 Å². The number of carbonyl (C=O) groups is 3. The van der Waals surface area contributed by atoms with Crippen molar-refractivity contribution in [2.24, 2.45) is 11.5 Å². The summed E-state index contributed by atoms with van der Waals surface area (Å²) in [6.07, 6.45) is -0.624. The van der Waals surface area contributed by atoms with Gasteiger partial charge in [0.2, 0.25) is 11.3 Å². The summed E-state index contributed by atoms with van der Waals surface area (Å²) in [5.74, 6) is -2.71. The zero-order valence-electron chi connectivity index (χ0n) is 17.8. The van der Waals surface area contributed by atoms with Gasteiger partial charge < -0.3 is 41.2 Å². The Balaban J connectivity index is 0.000000365. The number of amides is 1. The summed E-state index contributed by atoms with van der Waals surface area (Å²) in [6, 6.07) is -0.0642. The maximum atomic E-state index is 14.5. The Morgan fingerprint density at radius 1 is 1.30 bits per heavy atom. The molecular weight excluding hydrogens is 443 g/mol. The molecule has 0 aliphatic carbocycles. The van der Waals surface area contributed by atoms with E-state index in [-0.39, 0.29) is 23.4 Å². The molecule has 33 heavy (non-hydrogen) atoms. The van der Waals surface area contributed by atoms with Gasteiger partial charge in [-0.1, -0.05) is 0 Å². The molecule has 14 heteroatoms. The zero-order valence-corrected chi connectivity index (χ0v) is 17.8. The van der Waals surface area contributed by atoms with Gasteiger partial charge in [-0.05, 0) is 13.0 Å². The number of aryl methyl sites for hydroxylation is 1. The van der Waals surface area contributed by atoms with Crippen molar-refractivity contribution in [2.45, 2.75) is 25.9 Å². The van der Waals surface area contributed by atoms with E-state index in [1.807, 2.05) is 11.8 Å². The number of ether oxygens (including phenoxy) is 1. The van der Waals surface area contributed by atoms with E-state index >= 15 is 0 Å². The number of carbonyl (C=O) groups excluding carboxylic acids is 1. The number of nitrogens with zero attached hydrogens (tertiary/aromatic N) is 3. The number of aromatic nitrogens is 2. The van der Waals surface area contributed by atoms with E-state index in [0.29, 0.717) is 25.3 Å². The molecule has 2 aromatic heterocycles. The van der Waals surface area contributed by atoms with Gasteiger partial charge in [0.15, 0.2) is 17.4 Å². The molecule has 0 bridgehead atoms. The van der Waals surface area contributed by atoms with Crippen molar-refractivity contribution in [1.82, 2.24) is 14.9 Å². The molecule has 3 rings (SSSR count). The molecule has 1 aliphatic rings.